The molecule has 0 atom stereocenters. The highest BCUT2D eigenvalue weighted by Crippen LogP contribution is 2.22. The van der Waals surface area contributed by atoms with E-state index >= 15 is 0 Å². The fraction of sp³-hybridized carbons (Fsp3) is 0.500. The summed E-state index contributed by atoms with van der Waals surface area (Å²) in [5.41, 5.74) is 1.35. The van der Waals surface area contributed by atoms with Crippen molar-refractivity contribution in [3.05, 3.63) is 29.3 Å². The average Bonchev–Trinajstić information content (AvgIpc) is 2.40. The molecule has 0 spiro atoms. The maximum absolute atomic E-state index is 12.0. The molecular formula is C14H19NO2S. The van der Waals surface area contributed by atoms with Gasteiger partial charge in [-0.05, 0) is 49.3 Å². The van der Waals surface area contributed by atoms with Crippen LogP contribution in [0.2, 0.25) is 0 Å². The first-order valence-corrected chi connectivity index (χ1v) is 7.48. The maximum Gasteiger partial charge on any atom is 0.255 e. The highest BCUT2D eigenvalue weighted by atomic mass is 32.2. The van der Waals surface area contributed by atoms with Crippen LogP contribution in [-0.2, 0) is 0 Å². The Bertz CT molecular complexity index is 428. The zero-order valence-corrected chi connectivity index (χ0v) is 11.4. The molecule has 0 unspecified atom stereocenters. The summed E-state index contributed by atoms with van der Waals surface area (Å²) >= 11 is 1.98. The Morgan fingerprint density at radius 1 is 1.44 bits per heavy atom. The molecule has 0 bridgehead atoms. The largest absolute Gasteiger partial charge is 0.507 e. The predicted molar refractivity (Wildman–Crippen MR) is 75.2 cm³/mol. The van der Waals surface area contributed by atoms with E-state index in [-0.39, 0.29) is 11.7 Å². The second-order valence-electron chi connectivity index (χ2n) is 4.79. The molecule has 3 nitrogen and oxygen atoms in total. The monoisotopic (exact) mass is 265 g/mol. The van der Waals surface area contributed by atoms with Crippen LogP contribution >= 0.6 is 11.8 Å². The molecule has 0 aromatic heterocycles. The number of phenolic OH excluding ortho intramolecular Hbond substituents is 1. The van der Waals surface area contributed by atoms with Crippen molar-refractivity contribution < 1.29 is 9.90 Å². The number of aromatic hydroxyl groups is 1. The van der Waals surface area contributed by atoms with Crippen molar-refractivity contribution >= 4 is 17.7 Å². The summed E-state index contributed by atoms with van der Waals surface area (Å²) in [5.74, 6) is 2.85. The Hall–Kier alpha value is -1.16. The van der Waals surface area contributed by atoms with Gasteiger partial charge in [0.2, 0.25) is 0 Å². The summed E-state index contributed by atoms with van der Waals surface area (Å²) in [7, 11) is 0. The van der Waals surface area contributed by atoms with Crippen LogP contribution in [-0.4, -0.2) is 29.1 Å². The lowest BCUT2D eigenvalue weighted by molar-refractivity contribution is 0.0943. The highest BCUT2D eigenvalue weighted by molar-refractivity contribution is 7.99. The van der Waals surface area contributed by atoms with E-state index in [1.807, 2.05) is 18.7 Å². The summed E-state index contributed by atoms with van der Waals surface area (Å²) in [6, 6.07) is 5.09. The van der Waals surface area contributed by atoms with Crippen molar-refractivity contribution in [2.75, 3.05) is 18.1 Å². The lowest BCUT2D eigenvalue weighted by atomic mass is 10.0. The van der Waals surface area contributed by atoms with E-state index in [0.29, 0.717) is 18.0 Å². The fourth-order valence-corrected chi connectivity index (χ4v) is 3.32. The lowest BCUT2D eigenvalue weighted by Gasteiger charge is -2.21. The predicted octanol–water partition coefficient (Wildman–Crippen LogP) is 2.57. The van der Waals surface area contributed by atoms with Crippen molar-refractivity contribution in [1.82, 2.24) is 5.32 Å². The summed E-state index contributed by atoms with van der Waals surface area (Å²) in [5, 5.41) is 12.6. The number of carbonyl (C=O) groups excluding carboxylic acids is 1. The van der Waals surface area contributed by atoms with E-state index in [1.165, 1.54) is 24.3 Å². The topological polar surface area (TPSA) is 49.3 Å². The van der Waals surface area contributed by atoms with Crippen molar-refractivity contribution in [2.45, 2.75) is 19.8 Å². The van der Waals surface area contributed by atoms with E-state index in [1.54, 1.807) is 18.2 Å². The second-order valence-corrected chi connectivity index (χ2v) is 6.01. The Balaban J connectivity index is 1.92. The van der Waals surface area contributed by atoms with Crippen LogP contribution in [0.3, 0.4) is 0 Å². The molecular weight excluding hydrogens is 246 g/mol. The Labute approximate surface area is 112 Å². The van der Waals surface area contributed by atoms with Gasteiger partial charge in [0.05, 0.1) is 5.56 Å². The number of nitrogens with one attached hydrogen (secondary N) is 1. The molecule has 0 radical (unpaired) electrons. The minimum Gasteiger partial charge on any atom is -0.507 e. The third-order valence-electron chi connectivity index (χ3n) is 3.29. The van der Waals surface area contributed by atoms with Gasteiger partial charge >= 0.3 is 0 Å². The smallest absolute Gasteiger partial charge is 0.255 e. The van der Waals surface area contributed by atoms with Crippen molar-refractivity contribution in [2.24, 2.45) is 5.92 Å². The zero-order chi connectivity index (χ0) is 13.0. The molecule has 1 heterocycles. The third kappa shape index (κ3) is 3.42. The minimum atomic E-state index is -0.172. The van der Waals surface area contributed by atoms with Gasteiger partial charge in [-0.2, -0.15) is 11.8 Å². The van der Waals surface area contributed by atoms with E-state index in [9.17, 15) is 9.90 Å². The average molecular weight is 265 g/mol. The van der Waals surface area contributed by atoms with E-state index in [0.717, 1.165) is 5.56 Å². The molecule has 2 N–H and O–H groups in total. The summed E-state index contributed by atoms with van der Waals surface area (Å²) in [6.07, 6.45) is 2.34. The van der Waals surface area contributed by atoms with Gasteiger partial charge < -0.3 is 10.4 Å². The number of aryl methyl sites for hydroxylation is 1. The van der Waals surface area contributed by atoms with Gasteiger partial charge in [0.25, 0.3) is 5.91 Å². The lowest BCUT2D eigenvalue weighted by Crippen LogP contribution is -2.31. The summed E-state index contributed by atoms with van der Waals surface area (Å²) in [6.45, 7) is 2.63. The number of carbonyl (C=O) groups is 1. The van der Waals surface area contributed by atoms with E-state index in [2.05, 4.69) is 5.32 Å². The molecule has 1 aliphatic heterocycles. The van der Waals surface area contributed by atoms with Crippen LogP contribution in [0.4, 0.5) is 0 Å². The Kier molecular flexibility index (Phi) is 4.53. The minimum absolute atomic E-state index is 0.0531. The second kappa shape index (κ2) is 6.14. The zero-order valence-electron chi connectivity index (χ0n) is 10.6. The van der Waals surface area contributed by atoms with Gasteiger partial charge in [0, 0.05) is 6.54 Å². The number of thioether (sulfide) groups is 1. The van der Waals surface area contributed by atoms with Crippen LogP contribution < -0.4 is 5.32 Å². The molecule has 1 fully saturated rings. The first-order valence-electron chi connectivity index (χ1n) is 6.32. The van der Waals surface area contributed by atoms with Gasteiger partial charge in [-0.1, -0.05) is 11.6 Å². The van der Waals surface area contributed by atoms with Crippen LogP contribution in [0, 0.1) is 12.8 Å². The van der Waals surface area contributed by atoms with Crippen LogP contribution in [0.1, 0.15) is 28.8 Å². The maximum atomic E-state index is 12.0. The highest BCUT2D eigenvalue weighted by Gasteiger charge is 2.16. The first-order chi connectivity index (χ1) is 8.66. The van der Waals surface area contributed by atoms with Gasteiger partial charge in [-0.15, -0.1) is 0 Å². The van der Waals surface area contributed by atoms with Gasteiger partial charge in [0.15, 0.2) is 0 Å². The van der Waals surface area contributed by atoms with Crippen LogP contribution in [0.15, 0.2) is 18.2 Å². The van der Waals surface area contributed by atoms with Crippen molar-refractivity contribution in [1.29, 1.82) is 0 Å². The molecule has 1 aliphatic rings. The molecule has 4 heteroatoms. The van der Waals surface area contributed by atoms with Crippen LogP contribution in [0.5, 0.6) is 5.75 Å². The van der Waals surface area contributed by atoms with Gasteiger partial charge in [-0.3, -0.25) is 4.79 Å². The van der Waals surface area contributed by atoms with Crippen molar-refractivity contribution in [3.63, 3.8) is 0 Å². The van der Waals surface area contributed by atoms with Crippen LogP contribution in [0.25, 0.3) is 0 Å². The van der Waals surface area contributed by atoms with E-state index < -0.39 is 0 Å². The quantitative estimate of drug-likeness (QED) is 0.883. The number of hydrogen-bond donors (Lipinski definition) is 2. The molecule has 98 valence electrons. The molecule has 1 saturated heterocycles. The Morgan fingerprint density at radius 2 is 2.17 bits per heavy atom. The number of amides is 1. The molecule has 1 amide bonds. The Morgan fingerprint density at radius 3 is 2.89 bits per heavy atom. The van der Waals surface area contributed by atoms with Gasteiger partial charge in [-0.25, -0.2) is 0 Å². The molecule has 2 rings (SSSR count). The molecule has 1 aromatic carbocycles. The first kappa shape index (κ1) is 13.3. The van der Waals surface area contributed by atoms with Gasteiger partial charge in [0.1, 0.15) is 5.75 Å². The summed E-state index contributed by atoms with van der Waals surface area (Å²) in [4.78, 5) is 12.0. The number of rotatable bonds is 3. The van der Waals surface area contributed by atoms with Crippen molar-refractivity contribution in [3.8, 4) is 5.75 Å². The normalized spacial score (nSPS) is 16.5. The third-order valence-corrected chi connectivity index (χ3v) is 4.34. The summed E-state index contributed by atoms with van der Waals surface area (Å²) < 4.78 is 0. The molecule has 18 heavy (non-hydrogen) atoms. The molecule has 0 aliphatic carbocycles. The standard InChI is InChI=1S/C14H19NO2S/c1-10-2-3-13(16)12(8-10)14(17)15-9-11-4-6-18-7-5-11/h2-3,8,11,16H,4-7,9H2,1H3,(H,15,17). The molecule has 0 saturated carbocycles. The fourth-order valence-electron chi connectivity index (χ4n) is 2.11. The molecule has 1 aromatic rings. The number of phenols is 1. The van der Waals surface area contributed by atoms with E-state index in [4.69, 9.17) is 0 Å². The number of benzene rings is 1. The SMILES string of the molecule is Cc1ccc(O)c(C(=O)NCC2CCSCC2)c1. The number of hydrogen-bond acceptors (Lipinski definition) is 3.